The summed E-state index contributed by atoms with van der Waals surface area (Å²) in [4.78, 5) is 0. The molecule has 0 spiro atoms. The molecule has 0 saturated carbocycles. The zero-order valence-corrected chi connectivity index (χ0v) is 11.4. The second-order valence-corrected chi connectivity index (χ2v) is 5.22. The highest BCUT2D eigenvalue weighted by molar-refractivity contribution is 5.41. The standard InChI is InChI=1S/C16H19N3/c1-11-16(13-8-9-14(17)10-13)12(2)19(18-11)15-6-4-3-5-7-15/h3-9,13-14H,10,17H2,1-2H3/t13-,14-/m1/s1. The van der Waals surface area contributed by atoms with Crippen molar-refractivity contribution in [1.82, 2.24) is 9.78 Å². The van der Waals surface area contributed by atoms with Crippen molar-refractivity contribution in [3.8, 4) is 5.69 Å². The number of rotatable bonds is 2. The monoisotopic (exact) mass is 253 g/mol. The van der Waals surface area contributed by atoms with E-state index in [-0.39, 0.29) is 6.04 Å². The Morgan fingerprint density at radius 3 is 2.53 bits per heavy atom. The van der Waals surface area contributed by atoms with Crippen LogP contribution in [0.4, 0.5) is 0 Å². The van der Waals surface area contributed by atoms with E-state index >= 15 is 0 Å². The molecule has 3 nitrogen and oxygen atoms in total. The number of nitrogens with zero attached hydrogens (tertiary/aromatic N) is 2. The first-order chi connectivity index (χ1) is 9.16. The topological polar surface area (TPSA) is 43.8 Å². The van der Waals surface area contributed by atoms with Gasteiger partial charge >= 0.3 is 0 Å². The average molecular weight is 253 g/mol. The molecule has 0 fully saturated rings. The fourth-order valence-corrected chi connectivity index (χ4v) is 2.95. The van der Waals surface area contributed by atoms with Crippen molar-refractivity contribution in [3.05, 3.63) is 59.4 Å². The van der Waals surface area contributed by atoms with Gasteiger partial charge in [0.05, 0.1) is 11.4 Å². The maximum Gasteiger partial charge on any atom is 0.0648 e. The summed E-state index contributed by atoms with van der Waals surface area (Å²) in [5.41, 5.74) is 10.7. The molecule has 1 aliphatic carbocycles. The highest BCUT2D eigenvalue weighted by atomic mass is 15.3. The largest absolute Gasteiger partial charge is 0.324 e. The van der Waals surface area contributed by atoms with E-state index < -0.39 is 0 Å². The lowest BCUT2D eigenvalue weighted by molar-refractivity contribution is 0.704. The molecule has 0 saturated heterocycles. The summed E-state index contributed by atoms with van der Waals surface area (Å²) in [6, 6.07) is 10.4. The second kappa shape index (κ2) is 4.67. The highest BCUT2D eigenvalue weighted by Crippen LogP contribution is 2.33. The molecular formula is C16H19N3. The van der Waals surface area contributed by atoms with Crippen molar-refractivity contribution >= 4 is 0 Å². The molecule has 2 atom stereocenters. The molecule has 0 radical (unpaired) electrons. The number of para-hydroxylation sites is 1. The Morgan fingerprint density at radius 2 is 1.89 bits per heavy atom. The molecule has 0 amide bonds. The number of benzene rings is 1. The van der Waals surface area contributed by atoms with Crippen LogP contribution in [0.5, 0.6) is 0 Å². The maximum absolute atomic E-state index is 5.97. The molecule has 1 aromatic carbocycles. The van der Waals surface area contributed by atoms with Gasteiger partial charge in [-0.2, -0.15) is 5.10 Å². The molecule has 1 aromatic heterocycles. The first-order valence-electron chi connectivity index (χ1n) is 6.72. The molecule has 2 N–H and O–H groups in total. The molecular weight excluding hydrogens is 234 g/mol. The van der Waals surface area contributed by atoms with Crippen LogP contribution in [0.15, 0.2) is 42.5 Å². The Morgan fingerprint density at radius 1 is 1.16 bits per heavy atom. The molecule has 0 aliphatic heterocycles. The van der Waals surface area contributed by atoms with Gasteiger partial charge in [0.2, 0.25) is 0 Å². The lowest BCUT2D eigenvalue weighted by atomic mass is 9.96. The lowest BCUT2D eigenvalue weighted by Gasteiger charge is -2.10. The van der Waals surface area contributed by atoms with E-state index in [9.17, 15) is 0 Å². The summed E-state index contributed by atoms with van der Waals surface area (Å²) in [6.45, 7) is 4.22. The number of allylic oxidation sites excluding steroid dienone is 1. The molecule has 1 aliphatic rings. The van der Waals surface area contributed by atoms with E-state index in [1.165, 1.54) is 11.3 Å². The van der Waals surface area contributed by atoms with Gasteiger partial charge in [0, 0.05) is 23.2 Å². The van der Waals surface area contributed by atoms with Gasteiger partial charge in [0.25, 0.3) is 0 Å². The summed E-state index contributed by atoms with van der Waals surface area (Å²) in [5.74, 6) is 0.410. The minimum atomic E-state index is 0.184. The fourth-order valence-electron chi connectivity index (χ4n) is 2.95. The van der Waals surface area contributed by atoms with E-state index in [1.54, 1.807) is 0 Å². The van der Waals surface area contributed by atoms with Crippen molar-refractivity contribution in [2.45, 2.75) is 32.2 Å². The normalized spacial score (nSPS) is 22.1. The summed E-state index contributed by atoms with van der Waals surface area (Å²) in [7, 11) is 0. The van der Waals surface area contributed by atoms with Crippen molar-refractivity contribution in [2.75, 3.05) is 0 Å². The Kier molecular flexibility index (Phi) is 2.99. The van der Waals surface area contributed by atoms with Gasteiger partial charge in [0.15, 0.2) is 0 Å². The smallest absolute Gasteiger partial charge is 0.0648 e. The zero-order chi connectivity index (χ0) is 13.4. The zero-order valence-electron chi connectivity index (χ0n) is 11.4. The van der Waals surface area contributed by atoms with Crippen molar-refractivity contribution in [2.24, 2.45) is 5.73 Å². The van der Waals surface area contributed by atoms with Gasteiger partial charge < -0.3 is 5.73 Å². The van der Waals surface area contributed by atoms with Gasteiger partial charge in [-0.25, -0.2) is 4.68 Å². The third-order valence-corrected chi connectivity index (χ3v) is 3.84. The first kappa shape index (κ1) is 12.2. The lowest BCUT2D eigenvalue weighted by Crippen LogP contribution is -2.14. The predicted molar refractivity (Wildman–Crippen MR) is 77.5 cm³/mol. The molecule has 3 rings (SSSR count). The number of hydrogen-bond donors (Lipinski definition) is 1. The van der Waals surface area contributed by atoms with E-state index in [1.807, 2.05) is 22.9 Å². The summed E-state index contributed by atoms with van der Waals surface area (Å²) in [5, 5.41) is 4.69. The van der Waals surface area contributed by atoms with Crippen LogP contribution in [0.25, 0.3) is 5.69 Å². The molecule has 0 unspecified atom stereocenters. The quantitative estimate of drug-likeness (QED) is 0.836. The van der Waals surface area contributed by atoms with Crippen LogP contribution in [0.3, 0.4) is 0 Å². The van der Waals surface area contributed by atoms with Crippen LogP contribution in [-0.4, -0.2) is 15.8 Å². The first-order valence-corrected chi connectivity index (χ1v) is 6.72. The minimum Gasteiger partial charge on any atom is -0.324 e. The van der Waals surface area contributed by atoms with Crippen LogP contribution >= 0.6 is 0 Å². The number of nitrogens with two attached hydrogens (primary N) is 1. The fraction of sp³-hybridized carbons (Fsp3) is 0.312. The number of aromatic nitrogens is 2. The van der Waals surface area contributed by atoms with E-state index in [0.29, 0.717) is 5.92 Å². The average Bonchev–Trinajstić information content (AvgIpc) is 2.95. The van der Waals surface area contributed by atoms with Crippen LogP contribution in [0, 0.1) is 13.8 Å². The molecule has 1 heterocycles. The van der Waals surface area contributed by atoms with Crippen LogP contribution in [0.2, 0.25) is 0 Å². The summed E-state index contributed by atoms with van der Waals surface area (Å²) in [6.07, 6.45) is 5.31. The van der Waals surface area contributed by atoms with Gasteiger partial charge in [-0.3, -0.25) is 0 Å². The molecule has 2 aromatic rings. The minimum absolute atomic E-state index is 0.184. The van der Waals surface area contributed by atoms with Crippen LogP contribution in [0.1, 0.15) is 29.3 Å². The van der Waals surface area contributed by atoms with Crippen LogP contribution < -0.4 is 5.73 Å². The highest BCUT2D eigenvalue weighted by Gasteiger charge is 2.24. The Balaban J connectivity index is 2.04. The SMILES string of the molecule is Cc1nn(-c2ccccc2)c(C)c1[C@@H]1C=C[C@@H](N)C1. The van der Waals surface area contributed by atoms with Gasteiger partial charge in [0.1, 0.15) is 0 Å². The Bertz CT molecular complexity index is 610. The predicted octanol–water partition coefficient (Wildman–Crippen LogP) is 2.86. The second-order valence-electron chi connectivity index (χ2n) is 5.22. The van der Waals surface area contributed by atoms with Gasteiger partial charge in [-0.05, 0) is 32.4 Å². The number of hydrogen-bond acceptors (Lipinski definition) is 2. The third-order valence-electron chi connectivity index (χ3n) is 3.84. The number of aryl methyl sites for hydroxylation is 1. The van der Waals surface area contributed by atoms with Gasteiger partial charge in [-0.15, -0.1) is 0 Å². The molecule has 0 bridgehead atoms. The molecule has 19 heavy (non-hydrogen) atoms. The van der Waals surface area contributed by atoms with Crippen molar-refractivity contribution in [3.63, 3.8) is 0 Å². The summed E-state index contributed by atoms with van der Waals surface area (Å²) >= 11 is 0. The van der Waals surface area contributed by atoms with E-state index in [0.717, 1.165) is 17.8 Å². The summed E-state index contributed by atoms with van der Waals surface area (Å²) < 4.78 is 2.03. The molecule has 3 heteroatoms. The Hall–Kier alpha value is -1.87. The van der Waals surface area contributed by atoms with E-state index in [2.05, 4.69) is 38.1 Å². The van der Waals surface area contributed by atoms with Crippen molar-refractivity contribution < 1.29 is 0 Å². The van der Waals surface area contributed by atoms with Crippen LogP contribution in [-0.2, 0) is 0 Å². The van der Waals surface area contributed by atoms with Crippen molar-refractivity contribution in [1.29, 1.82) is 0 Å². The van der Waals surface area contributed by atoms with E-state index in [4.69, 9.17) is 10.8 Å². The van der Waals surface area contributed by atoms with Gasteiger partial charge in [-0.1, -0.05) is 30.4 Å². The molecule has 98 valence electrons. The Labute approximate surface area is 113 Å². The maximum atomic E-state index is 5.97. The third kappa shape index (κ3) is 2.10.